The van der Waals surface area contributed by atoms with Crippen LogP contribution in [0.1, 0.15) is 42.9 Å². The first-order valence-electron chi connectivity index (χ1n) is 6.48. The van der Waals surface area contributed by atoms with Crippen LogP contribution in [0.2, 0.25) is 0 Å². The van der Waals surface area contributed by atoms with Crippen LogP contribution in [0.25, 0.3) is 0 Å². The van der Waals surface area contributed by atoms with E-state index in [9.17, 15) is 9.59 Å². The highest BCUT2D eigenvalue weighted by molar-refractivity contribution is 5.91. The molecule has 19 heavy (non-hydrogen) atoms. The number of primary amides is 1. The maximum absolute atomic E-state index is 12.1. The lowest BCUT2D eigenvalue weighted by Gasteiger charge is -2.21. The van der Waals surface area contributed by atoms with Gasteiger partial charge in [0.2, 0.25) is 5.91 Å². The summed E-state index contributed by atoms with van der Waals surface area (Å²) in [7, 11) is 0. The lowest BCUT2D eigenvalue weighted by Crippen LogP contribution is -2.35. The van der Waals surface area contributed by atoms with Crippen molar-refractivity contribution >= 4 is 11.8 Å². The maximum Gasteiger partial charge on any atom is 0.271 e. The average Bonchev–Trinajstić information content (AvgIpc) is 2.71. The summed E-state index contributed by atoms with van der Waals surface area (Å²) in [6.45, 7) is 7.28. The predicted octanol–water partition coefficient (Wildman–Crippen LogP) is 0.334. The first-order valence-corrected chi connectivity index (χ1v) is 6.48. The first kappa shape index (κ1) is 15.1. The van der Waals surface area contributed by atoms with Gasteiger partial charge >= 0.3 is 0 Å². The van der Waals surface area contributed by atoms with Gasteiger partial charge < -0.3 is 10.6 Å². The lowest BCUT2D eigenvalue weighted by molar-refractivity contribution is -0.132. The summed E-state index contributed by atoms with van der Waals surface area (Å²) in [5, 5.41) is 7.49. The molecule has 0 aliphatic carbocycles. The smallest absolute Gasteiger partial charge is 0.271 e. The molecule has 0 fully saturated rings. The Hall–Kier alpha value is -1.92. The fourth-order valence-corrected chi connectivity index (χ4v) is 1.87. The summed E-state index contributed by atoms with van der Waals surface area (Å²) in [6, 6.07) is 0. The van der Waals surface area contributed by atoms with E-state index in [2.05, 4.69) is 10.3 Å². The number of amides is 2. The van der Waals surface area contributed by atoms with Crippen molar-refractivity contribution in [2.24, 2.45) is 5.73 Å². The number of hydrogen-bond donors (Lipinski definition) is 1. The van der Waals surface area contributed by atoms with Crippen molar-refractivity contribution < 1.29 is 9.59 Å². The van der Waals surface area contributed by atoms with E-state index in [0.29, 0.717) is 5.69 Å². The van der Waals surface area contributed by atoms with E-state index < -0.39 is 5.91 Å². The molecule has 0 atom stereocenters. The minimum absolute atomic E-state index is 0.0206. The van der Waals surface area contributed by atoms with E-state index in [1.807, 2.05) is 13.8 Å². The second kappa shape index (κ2) is 6.86. The van der Waals surface area contributed by atoms with Gasteiger partial charge in [-0.3, -0.25) is 9.59 Å². The Bertz CT molecular complexity index is 449. The third kappa shape index (κ3) is 3.77. The highest BCUT2D eigenvalue weighted by Gasteiger charge is 2.18. The van der Waals surface area contributed by atoms with Gasteiger partial charge in [-0.1, -0.05) is 19.1 Å². The number of nitrogens with two attached hydrogens (primary N) is 1. The summed E-state index contributed by atoms with van der Waals surface area (Å²) >= 11 is 0. The van der Waals surface area contributed by atoms with Crippen LogP contribution in [0.5, 0.6) is 0 Å². The normalized spacial score (nSPS) is 10.5. The number of hydrogen-bond acceptors (Lipinski definition) is 4. The van der Waals surface area contributed by atoms with Crippen molar-refractivity contribution in [1.29, 1.82) is 0 Å². The molecule has 2 amide bonds. The van der Waals surface area contributed by atoms with Gasteiger partial charge in [0.15, 0.2) is 5.69 Å². The summed E-state index contributed by atoms with van der Waals surface area (Å²) in [6.07, 6.45) is 1.82. The molecular formula is C12H21N5O2. The molecule has 0 aromatic carbocycles. The molecule has 1 aromatic heterocycles. The minimum Gasteiger partial charge on any atom is -0.364 e. The van der Waals surface area contributed by atoms with Gasteiger partial charge in [0.05, 0.1) is 5.69 Å². The molecule has 1 aromatic rings. The quantitative estimate of drug-likeness (QED) is 0.770. The molecule has 0 saturated heterocycles. The zero-order chi connectivity index (χ0) is 14.4. The maximum atomic E-state index is 12.1. The third-order valence-electron chi connectivity index (χ3n) is 2.84. The molecule has 0 unspecified atom stereocenters. The molecule has 0 aliphatic rings. The van der Waals surface area contributed by atoms with E-state index in [1.54, 1.807) is 11.8 Å². The van der Waals surface area contributed by atoms with Crippen LogP contribution in [0, 0.1) is 6.92 Å². The molecule has 0 radical (unpaired) electrons. The molecule has 0 aliphatic heterocycles. The Labute approximate surface area is 112 Å². The summed E-state index contributed by atoms with van der Waals surface area (Å²) in [5.41, 5.74) is 5.80. The average molecular weight is 267 g/mol. The van der Waals surface area contributed by atoms with Gasteiger partial charge in [-0.15, -0.1) is 5.10 Å². The van der Waals surface area contributed by atoms with E-state index in [-0.39, 0.29) is 18.1 Å². The highest BCUT2D eigenvalue weighted by Crippen LogP contribution is 2.04. The Kier molecular flexibility index (Phi) is 5.47. The van der Waals surface area contributed by atoms with Gasteiger partial charge in [-0.25, -0.2) is 4.68 Å². The van der Waals surface area contributed by atoms with Crippen molar-refractivity contribution in [3.05, 3.63) is 11.4 Å². The molecule has 2 N–H and O–H groups in total. The van der Waals surface area contributed by atoms with Gasteiger partial charge in [0.25, 0.3) is 5.91 Å². The Balaban J connectivity index is 2.77. The van der Waals surface area contributed by atoms with Crippen molar-refractivity contribution in [2.75, 3.05) is 13.1 Å². The third-order valence-corrected chi connectivity index (χ3v) is 2.84. The second-order valence-electron chi connectivity index (χ2n) is 4.43. The van der Waals surface area contributed by atoms with Crippen LogP contribution >= 0.6 is 0 Å². The van der Waals surface area contributed by atoms with Crippen molar-refractivity contribution in [1.82, 2.24) is 19.9 Å². The van der Waals surface area contributed by atoms with Crippen LogP contribution in [-0.2, 0) is 11.3 Å². The first-order chi connectivity index (χ1) is 9.01. The number of carbonyl (C=O) groups excluding carboxylic acids is 2. The van der Waals surface area contributed by atoms with Crippen molar-refractivity contribution in [2.45, 2.75) is 40.2 Å². The zero-order valence-corrected chi connectivity index (χ0v) is 11.7. The van der Waals surface area contributed by atoms with E-state index in [1.165, 1.54) is 4.68 Å². The van der Waals surface area contributed by atoms with Gasteiger partial charge in [-0.2, -0.15) is 0 Å². The van der Waals surface area contributed by atoms with Gasteiger partial charge in [0.1, 0.15) is 6.54 Å². The number of rotatable bonds is 7. The van der Waals surface area contributed by atoms with E-state index in [0.717, 1.165) is 25.9 Å². The molecule has 0 saturated carbocycles. The monoisotopic (exact) mass is 267 g/mol. The fourth-order valence-electron chi connectivity index (χ4n) is 1.87. The summed E-state index contributed by atoms with van der Waals surface area (Å²) < 4.78 is 1.42. The lowest BCUT2D eigenvalue weighted by atomic mass is 10.3. The number of carbonyl (C=O) groups is 2. The topological polar surface area (TPSA) is 94.1 Å². The summed E-state index contributed by atoms with van der Waals surface area (Å²) in [5.74, 6) is -0.650. The molecule has 106 valence electrons. The SMILES string of the molecule is CCCN(CCC)C(=O)Cn1nnc(C(N)=O)c1C. The Morgan fingerprint density at radius 3 is 2.26 bits per heavy atom. The molecule has 1 heterocycles. The van der Waals surface area contributed by atoms with Gasteiger partial charge in [0, 0.05) is 13.1 Å². The number of nitrogens with zero attached hydrogens (tertiary/aromatic N) is 4. The molecule has 1 rings (SSSR count). The second-order valence-corrected chi connectivity index (χ2v) is 4.43. The van der Waals surface area contributed by atoms with Crippen LogP contribution in [0.3, 0.4) is 0 Å². The molecule has 0 spiro atoms. The summed E-state index contributed by atoms with van der Waals surface area (Å²) in [4.78, 5) is 25.0. The zero-order valence-electron chi connectivity index (χ0n) is 11.7. The van der Waals surface area contributed by atoms with Crippen molar-refractivity contribution in [3.8, 4) is 0 Å². The molecule has 7 heteroatoms. The standard InChI is InChI=1S/C12H21N5O2/c1-4-6-16(7-5-2)10(18)8-17-9(3)11(12(13)19)14-15-17/h4-8H2,1-3H3,(H2,13,19). The highest BCUT2D eigenvalue weighted by atomic mass is 16.2. The van der Waals surface area contributed by atoms with Crippen LogP contribution in [-0.4, -0.2) is 44.8 Å². The molecular weight excluding hydrogens is 246 g/mol. The van der Waals surface area contributed by atoms with Crippen LogP contribution < -0.4 is 5.73 Å². The molecule has 0 bridgehead atoms. The number of aromatic nitrogens is 3. The Morgan fingerprint density at radius 1 is 1.26 bits per heavy atom. The fraction of sp³-hybridized carbons (Fsp3) is 0.667. The predicted molar refractivity (Wildman–Crippen MR) is 70.4 cm³/mol. The Morgan fingerprint density at radius 2 is 1.84 bits per heavy atom. The molecule has 7 nitrogen and oxygen atoms in total. The largest absolute Gasteiger partial charge is 0.364 e. The van der Waals surface area contributed by atoms with Crippen molar-refractivity contribution in [3.63, 3.8) is 0 Å². The minimum atomic E-state index is -0.629. The van der Waals surface area contributed by atoms with E-state index in [4.69, 9.17) is 5.73 Å². The van der Waals surface area contributed by atoms with Gasteiger partial charge in [-0.05, 0) is 19.8 Å². The van der Waals surface area contributed by atoms with Crippen LogP contribution in [0.4, 0.5) is 0 Å². The van der Waals surface area contributed by atoms with Crippen LogP contribution in [0.15, 0.2) is 0 Å². The van der Waals surface area contributed by atoms with E-state index >= 15 is 0 Å².